The molecule has 0 fully saturated rings. The quantitative estimate of drug-likeness (QED) is 0.255. The van der Waals surface area contributed by atoms with E-state index in [2.05, 4.69) is 31.3 Å². The molecule has 0 aliphatic heterocycles. The third-order valence-electron chi connectivity index (χ3n) is 5.96. The lowest BCUT2D eigenvalue weighted by atomic mass is 10.1. The monoisotopic (exact) mass is 530 g/mol. The Kier molecular flexibility index (Phi) is 13.4. The van der Waals surface area contributed by atoms with Crippen LogP contribution in [-0.2, 0) is 16.0 Å². The lowest BCUT2D eigenvalue weighted by molar-refractivity contribution is -0.149. The summed E-state index contributed by atoms with van der Waals surface area (Å²) in [7, 11) is 0. The van der Waals surface area contributed by atoms with Crippen molar-refractivity contribution in [2.24, 2.45) is 0 Å². The first-order valence-corrected chi connectivity index (χ1v) is 14.2. The van der Waals surface area contributed by atoms with Gasteiger partial charge in [-0.15, -0.1) is 0 Å². The van der Waals surface area contributed by atoms with Crippen molar-refractivity contribution in [3.63, 3.8) is 0 Å². The molecular weight excluding hydrogens is 488 g/mol. The van der Waals surface area contributed by atoms with E-state index >= 15 is 0 Å². The van der Waals surface area contributed by atoms with Crippen LogP contribution < -0.4 is 10.1 Å². The minimum atomic E-state index is -0.968. The Labute approximate surface area is 225 Å². The second kappa shape index (κ2) is 16.2. The number of benzene rings is 2. The number of aliphatic carboxylic acids is 1. The van der Waals surface area contributed by atoms with E-state index in [1.54, 1.807) is 6.92 Å². The number of nitrogens with one attached hydrogen (secondary N) is 1. The molecule has 0 saturated heterocycles. The van der Waals surface area contributed by atoms with Crippen LogP contribution in [0.15, 0.2) is 36.4 Å². The average molecular weight is 531 g/mol. The molecule has 0 bridgehead atoms. The molecule has 0 spiro atoms. The fraction of sp³-hybridized carbons (Fsp3) is 0.517. The molecule has 1 atom stereocenters. The smallest absolute Gasteiger partial charge is 0.333 e. The number of unbranched alkanes of at least 4 members (excludes halogenated alkanes) is 1. The standard InChI is InChI=1S/C29H42N2O5S/c1-6-8-16-37-17-14-31(29(34)30-27-22(4)18-21(3)19-23(27)5)13-15-36-25-11-9-24(10-12-25)20-26(28(32)33)35-7-2/h9-12,18-19,26H,6-8,13-17,20H2,1-5H3,(H,30,34)(H,32,33). The zero-order valence-electron chi connectivity index (χ0n) is 22.8. The number of aryl methyl sites for hydroxylation is 3. The first kappa shape index (κ1) is 30.5. The van der Waals surface area contributed by atoms with Crippen molar-refractivity contribution < 1.29 is 24.2 Å². The maximum Gasteiger partial charge on any atom is 0.333 e. The van der Waals surface area contributed by atoms with Gasteiger partial charge in [-0.1, -0.05) is 43.2 Å². The van der Waals surface area contributed by atoms with Gasteiger partial charge in [0.1, 0.15) is 12.4 Å². The summed E-state index contributed by atoms with van der Waals surface area (Å²) in [5.74, 6) is 1.68. The van der Waals surface area contributed by atoms with Crippen molar-refractivity contribution in [3.05, 3.63) is 58.7 Å². The Hall–Kier alpha value is -2.71. The van der Waals surface area contributed by atoms with Crippen LogP contribution in [0.5, 0.6) is 5.75 Å². The zero-order chi connectivity index (χ0) is 27.2. The second-order valence-corrected chi connectivity index (χ2v) is 10.4. The minimum absolute atomic E-state index is 0.124. The van der Waals surface area contributed by atoms with Gasteiger partial charge in [-0.25, -0.2) is 9.59 Å². The third-order valence-corrected chi connectivity index (χ3v) is 7.01. The largest absolute Gasteiger partial charge is 0.492 e. The van der Waals surface area contributed by atoms with E-state index in [1.165, 1.54) is 18.4 Å². The molecule has 2 rings (SSSR count). The van der Waals surface area contributed by atoms with E-state index < -0.39 is 12.1 Å². The van der Waals surface area contributed by atoms with Crippen molar-refractivity contribution in [1.82, 2.24) is 4.90 Å². The van der Waals surface area contributed by atoms with Crippen LogP contribution in [0.25, 0.3) is 0 Å². The van der Waals surface area contributed by atoms with Crippen LogP contribution in [0.4, 0.5) is 10.5 Å². The van der Waals surface area contributed by atoms with Gasteiger partial charge < -0.3 is 24.8 Å². The highest BCUT2D eigenvalue weighted by molar-refractivity contribution is 7.99. The number of carbonyl (C=O) groups is 2. The number of anilines is 1. The van der Waals surface area contributed by atoms with Crippen molar-refractivity contribution >= 4 is 29.4 Å². The number of carboxylic acids is 1. The topological polar surface area (TPSA) is 88.1 Å². The number of carbonyl (C=O) groups excluding carboxylic acids is 1. The van der Waals surface area contributed by atoms with Gasteiger partial charge in [0.15, 0.2) is 6.10 Å². The highest BCUT2D eigenvalue weighted by atomic mass is 32.2. The molecule has 8 heteroatoms. The Balaban J connectivity index is 1.97. The van der Waals surface area contributed by atoms with Crippen LogP contribution in [0.1, 0.15) is 48.9 Å². The molecule has 0 saturated carbocycles. The van der Waals surface area contributed by atoms with E-state index in [9.17, 15) is 14.7 Å². The molecule has 1 unspecified atom stereocenters. The highest BCUT2D eigenvalue weighted by Gasteiger charge is 2.18. The lowest BCUT2D eigenvalue weighted by Crippen LogP contribution is -2.39. The predicted octanol–water partition coefficient (Wildman–Crippen LogP) is 6.09. The maximum absolute atomic E-state index is 13.2. The first-order valence-electron chi connectivity index (χ1n) is 13.0. The van der Waals surface area contributed by atoms with E-state index in [-0.39, 0.29) is 6.03 Å². The molecule has 2 N–H and O–H groups in total. The number of hydrogen-bond donors (Lipinski definition) is 2. The summed E-state index contributed by atoms with van der Waals surface area (Å²) in [4.78, 5) is 26.3. The molecule has 0 radical (unpaired) electrons. The van der Waals surface area contributed by atoms with Crippen molar-refractivity contribution in [2.75, 3.05) is 43.1 Å². The average Bonchev–Trinajstić information content (AvgIpc) is 2.85. The predicted molar refractivity (Wildman–Crippen MR) is 152 cm³/mol. The number of hydrogen-bond acceptors (Lipinski definition) is 5. The van der Waals surface area contributed by atoms with Crippen molar-refractivity contribution in [2.45, 2.75) is 60.0 Å². The molecular formula is C29H42N2O5S. The summed E-state index contributed by atoms with van der Waals surface area (Å²) in [6.07, 6.45) is 1.78. The Morgan fingerprint density at radius 2 is 1.70 bits per heavy atom. The van der Waals surface area contributed by atoms with Gasteiger partial charge in [-0.05, 0) is 68.7 Å². The van der Waals surface area contributed by atoms with Gasteiger partial charge >= 0.3 is 12.0 Å². The van der Waals surface area contributed by atoms with Crippen LogP contribution in [-0.4, -0.2) is 65.9 Å². The Bertz CT molecular complexity index is 973. The highest BCUT2D eigenvalue weighted by Crippen LogP contribution is 2.22. The summed E-state index contributed by atoms with van der Waals surface area (Å²) in [5, 5.41) is 12.4. The maximum atomic E-state index is 13.2. The fourth-order valence-corrected chi connectivity index (χ4v) is 5.08. The number of amides is 2. The third kappa shape index (κ3) is 10.7. The molecule has 2 aromatic rings. The molecule has 0 aliphatic carbocycles. The molecule has 204 valence electrons. The van der Waals surface area contributed by atoms with Crippen LogP contribution in [0.2, 0.25) is 0 Å². The molecule has 37 heavy (non-hydrogen) atoms. The zero-order valence-corrected chi connectivity index (χ0v) is 23.7. The van der Waals surface area contributed by atoms with Gasteiger partial charge in [0.2, 0.25) is 0 Å². The molecule has 7 nitrogen and oxygen atoms in total. The Morgan fingerprint density at radius 1 is 1.03 bits per heavy atom. The van der Waals surface area contributed by atoms with Crippen LogP contribution in [0.3, 0.4) is 0 Å². The molecule has 2 aromatic carbocycles. The number of carboxylic acid groups (broad SMARTS) is 1. The fourth-order valence-electron chi connectivity index (χ4n) is 4.03. The van der Waals surface area contributed by atoms with Crippen molar-refractivity contribution in [1.29, 1.82) is 0 Å². The number of thioether (sulfide) groups is 1. The molecule has 0 heterocycles. The van der Waals surface area contributed by atoms with Gasteiger partial charge in [-0.3, -0.25) is 0 Å². The number of urea groups is 1. The van der Waals surface area contributed by atoms with E-state index in [0.717, 1.165) is 33.9 Å². The van der Waals surface area contributed by atoms with Gasteiger partial charge in [0, 0.05) is 31.0 Å². The van der Waals surface area contributed by atoms with Gasteiger partial charge in [0.05, 0.1) is 6.54 Å². The van der Waals surface area contributed by atoms with Gasteiger partial charge in [-0.2, -0.15) is 11.8 Å². The van der Waals surface area contributed by atoms with Crippen molar-refractivity contribution in [3.8, 4) is 5.75 Å². The summed E-state index contributed by atoms with van der Waals surface area (Å²) in [6, 6.07) is 11.4. The molecule has 0 aromatic heterocycles. The molecule has 0 aliphatic rings. The second-order valence-electron chi connectivity index (χ2n) is 9.14. The summed E-state index contributed by atoms with van der Waals surface area (Å²) in [5.41, 5.74) is 5.00. The SMILES string of the molecule is CCCCSCCN(CCOc1ccc(CC(OCC)C(=O)O)cc1)C(=O)Nc1c(C)cc(C)cc1C. The lowest BCUT2D eigenvalue weighted by Gasteiger charge is -2.24. The summed E-state index contributed by atoms with van der Waals surface area (Å²) < 4.78 is 11.2. The number of rotatable bonds is 16. The van der Waals surface area contributed by atoms with E-state index in [1.807, 2.05) is 54.8 Å². The summed E-state index contributed by atoms with van der Waals surface area (Å²) >= 11 is 1.87. The first-order chi connectivity index (χ1) is 17.7. The summed E-state index contributed by atoms with van der Waals surface area (Å²) in [6.45, 7) is 11.8. The van der Waals surface area contributed by atoms with Crippen LogP contribution in [0, 0.1) is 20.8 Å². The normalized spacial score (nSPS) is 11.7. The van der Waals surface area contributed by atoms with E-state index in [4.69, 9.17) is 9.47 Å². The number of nitrogens with zero attached hydrogens (tertiary/aromatic N) is 1. The van der Waals surface area contributed by atoms with E-state index in [0.29, 0.717) is 38.5 Å². The van der Waals surface area contributed by atoms with Gasteiger partial charge in [0.25, 0.3) is 0 Å². The Morgan fingerprint density at radius 3 is 2.30 bits per heavy atom. The minimum Gasteiger partial charge on any atom is -0.492 e. The molecule has 2 amide bonds. The number of ether oxygens (including phenoxy) is 2. The van der Waals surface area contributed by atoms with Crippen LogP contribution >= 0.6 is 11.8 Å².